The van der Waals surface area contributed by atoms with Gasteiger partial charge in [0.15, 0.2) is 5.11 Å². The molecule has 2 atom stereocenters. The number of anilines is 1. The first-order chi connectivity index (χ1) is 14.3. The number of unbranched alkanes of at least 4 members (excludes halogenated alkanes) is 1. The third-order valence-corrected chi connectivity index (χ3v) is 6.89. The highest BCUT2D eigenvalue weighted by Gasteiger charge is 2.40. The molecule has 4 rings (SSSR count). The predicted molar refractivity (Wildman–Crippen MR) is 130 cm³/mol. The number of thiocarbonyl (C=S) groups is 1. The monoisotopic (exact) mass is 420 g/mol. The first-order valence-corrected chi connectivity index (χ1v) is 11.3. The summed E-state index contributed by atoms with van der Waals surface area (Å²) in [5.74, 6) is 0. The van der Waals surface area contributed by atoms with E-state index in [1.807, 2.05) is 12.3 Å². The van der Waals surface area contributed by atoms with E-state index in [-0.39, 0.29) is 17.6 Å². The van der Waals surface area contributed by atoms with Crippen molar-refractivity contribution in [2.75, 3.05) is 18.5 Å². The van der Waals surface area contributed by atoms with E-state index < -0.39 is 0 Å². The third-order valence-electron chi connectivity index (χ3n) is 6.53. The minimum atomic E-state index is 0.0126. The van der Waals surface area contributed by atoms with Crippen LogP contribution in [0, 0.1) is 0 Å². The molecule has 0 radical (unpaired) electrons. The number of likely N-dealkylation sites (N-methyl/N-ethyl adjacent to an activating group) is 1. The summed E-state index contributed by atoms with van der Waals surface area (Å²) in [6.45, 7) is 9.92. The van der Waals surface area contributed by atoms with E-state index in [1.54, 1.807) is 0 Å². The fourth-order valence-electron chi connectivity index (χ4n) is 4.70. The van der Waals surface area contributed by atoms with Gasteiger partial charge in [0.05, 0.1) is 23.3 Å². The van der Waals surface area contributed by atoms with Crippen LogP contribution in [-0.4, -0.2) is 34.1 Å². The summed E-state index contributed by atoms with van der Waals surface area (Å²) in [5, 5.41) is 4.39. The van der Waals surface area contributed by atoms with Gasteiger partial charge in [0.25, 0.3) is 0 Å². The average Bonchev–Trinajstić information content (AvgIpc) is 3.06. The highest BCUT2D eigenvalue weighted by Crippen LogP contribution is 2.43. The Morgan fingerprint density at radius 1 is 1.20 bits per heavy atom. The van der Waals surface area contributed by atoms with Gasteiger partial charge in [-0.15, -0.1) is 0 Å². The van der Waals surface area contributed by atoms with Crippen molar-refractivity contribution in [1.82, 2.24) is 15.2 Å². The molecule has 2 aliphatic rings. The van der Waals surface area contributed by atoms with E-state index in [0.717, 1.165) is 30.2 Å². The largest absolute Gasteiger partial charge is 0.366 e. The Kier molecular flexibility index (Phi) is 5.58. The van der Waals surface area contributed by atoms with Crippen LogP contribution in [0.1, 0.15) is 69.4 Å². The number of fused-ring (bicyclic) bond motifs is 1. The lowest BCUT2D eigenvalue weighted by Crippen LogP contribution is -2.42. The molecule has 0 saturated carbocycles. The van der Waals surface area contributed by atoms with Crippen molar-refractivity contribution >= 4 is 28.6 Å². The number of rotatable bonds is 5. The number of hydrogen-bond acceptors (Lipinski definition) is 3. The topological polar surface area (TPSA) is 31.4 Å². The second kappa shape index (κ2) is 8.03. The molecule has 30 heavy (non-hydrogen) atoms. The van der Waals surface area contributed by atoms with Crippen molar-refractivity contribution in [3.05, 3.63) is 65.5 Å². The zero-order valence-corrected chi connectivity index (χ0v) is 19.5. The van der Waals surface area contributed by atoms with Crippen molar-refractivity contribution in [3.63, 3.8) is 0 Å². The zero-order chi connectivity index (χ0) is 21.5. The summed E-state index contributed by atoms with van der Waals surface area (Å²) in [7, 11) is 2.18. The number of pyridine rings is 1. The van der Waals surface area contributed by atoms with E-state index in [1.165, 1.54) is 22.4 Å². The second-order valence-electron chi connectivity index (χ2n) is 8.99. The van der Waals surface area contributed by atoms with Gasteiger partial charge >= 0.3 is 0 Å². The lowest BCUT2D eigenvalue weighted by atomic mass is 9.86. The molecule has 0 spiro atoms. The zero-order valence-electron chi connectivity index (χ0n) is 18.6. The smallest absolute Gasteiger partial charge is 0.170 e. The third kappa shape index (κ3) is 3.60. The normalized spacial score (nSPS) is 22.6. The first-order valence-electron chi connectivity index (χ1n) is 10.9. The van der Waals surface area contributed by atoms with Crippen LogP contribution in [0.5, 0.6) is 0 Å². The molecule has 158 valence electrons. The molecule has 1 saturated heterocycles. The second-order valence-corrected chi connectivity index (χ2v) is 9.38. The molecule has 1 aromatic carbocycles. The Morgan fingerprint density at radius 2 is 2.00 bits per heavy atom. The van der Waals surface area contributed by atoms with Crippen LogP contribution in [0.4, 0.5) is 5.69 Å². The highest BCUT2D eigenvalue weighted by atomic mass is 32.1. The van der Waals surface area contributed by atoms with Gasteiger partial charge in [-0.1, -0.05) is 31.6 Å². The molecule has 2 aliphatic heterocycles. The maximum atomic E-state index is 5.77. The fraction of sp³-hybridized carbons (Fsp3) is 0.440. The van der Waals surface area contributed by atoms with Crippen LogP contribution in [0.2, 0.25) is 0 Å². The van der Waals surface area contributed by atoms with Crippen molar-refractivity contribution in [2.45, 2.75) is 58.2 Å². The number of hydrogen-bond donors (Lipinski definition) is 1. The summed E-state index contributed by atoms with van der Waals surface area (Å²) in [5.41, 5.74) is 6.26. The number of nitrogens with zero attached hydrogens (tertiary/aromatic N) is 3. The molecule has 0 amide bonds. The quantitative estimate of drug-likeness (QED) is 0.647. The maximum absolute atomic E-state index is 5.77. The Bertz CT molecular complexity index is 966. The Balaban J connectivity index is 1.79. The summed E-state index contributed by atoms with van der Waals surface area (Å²) < 4.78 is 0. The standard InChI is InChI=1S/C25H32N4S/c1-6-7-14-29-23(22(27-24(29)30)20-10-8-9-13-26-20)18-11-12-21-19(15-18)17(2)16-25(3,4)28(21)5/h8-13,15-16,22-23H,6-7,14H2,1-5H3,(H,27,30)/t22-,23-/m1/s1. The van der Waals surface area contributed by atoms with Gasteiger partial charge in [0.2, 0.25) is 0 Å². The molecule has 0 unspecified atom stereocenters. The van der Waals surface area contributed by atoms with Gasteiger partial charge in [-0.3, -0.25) is 4.98 Å². The Morgan fingerprint density at radius 3 is 2.70 bits per heavy atom. The van der Waals surface area contributed by atoms with Crippen molar-refractivity contribution in [3.8, 4) is 0 Å². The van der Waals surface area contributed by atoms with Crippen LogP contribution >= 0.6 is 12.2 Å². The maximum Gasteiger partial charge on any atom is 0.170 e. The van der Waals surface area contributed by atoms with E-state index in [2.05, 4.69) is 91.3 Å². The molecule has 0 bridgehead atoms. The van der Waals surface area contributed by atoms with Crippen LogP contribution in [-0.2, 0) is 0 Å². The van der Waals surface area contributed by atoms with Crippen molar-refractivity contribution in [2.24, 2.45) is 0 Å². The van der Waals surface area contributed by atoms with Gasteiger partial charge in [-0.05, 0) is 74.8 Å². The number of nitrogens with one attached hydrogen (secondary N) is 1. The minimum Gasteiger partial charge on any atom is -0.366 e. The average molecular weight is 421 g/mol. The van der Waals surface area contributed by atoms with Gasteiger partial charge in [0.1, 0.15) is 0 Å². The lowest BCUT2D eigenvalue weighted by Gasteiger charge is -2.41. The van der Waals surface area contributed by atoms with E-state index in [9.17, 15) is 0 Å². The summed E-state index contributed by atoms with van der Waals surface area (Å²) in [4.78, 5) is 9.37. The molecule has 1 aromatic heterocycles. The van der Waals surface area contributed by atoms with Gasteiger partial charge in [0, 0.05) is 31.0 Å². The predicted octanol–water partition coefficient (Wildman–Crippen LogP) is 5.49. The molecule has 1 N–H and O–H groups in total. The Hall–Kier alpha value is -2.40. The SMILES string of the molecule is CCCCN1C(=S)N[C@H](c2ccccn2)[C@H]1c1ccc2c(c1)C(C)=CC(C)(C)N2C. The fourth-order valence-corrected chi connectivity index (χ4v) is 5.03. The van der Waals surface area contributed by atoms with Crippen LogP contribution in [0.25, 0.3) is 5.57 Å². The highest BCUT2D eigenvalue weighted by molar-refractivity contribution is 7.80. The molecular weight excluding hydrogens is 388 g/mol. The van der Waals surface area contributed by atoms with Crippen LogP contribution in [0.15, 0.2) is 48.7 Å². The molecular formula is C25H32N4S. The number of allylic oxidation sites excluding steroid dienone is 1. The molecule has 1 fully saturated rings. The van der Waals surface area contributed by atoms with E-state index in [0.29, 0.717) is 0 Å². The summed E-state index contributed by atoms with van der Waals surface area (Å²) >= 11 is 5.77. The minimum absolute atomic E-state index is 0.0126. The van der Waals surface area contributed by atoms with Crippen LogP contribution < -0.4 is 10.2 Å². The summed E-state index contributed by atoms with van der Waals surface area (Å²) in [6, 6.07) is 13.2. The first kappa shape index (κ1) is 20.9. The molecule has 0 aliphatic carbocycles. The molecule has 5 heteroatoms. The van der Waals surface area contributed by atoms with Gasteiger partial charge in [-0.25, -0.2) is 0 Å². The number of benzene rings is 1. The van der Waals surface area contributed by atoms with Crippen LogP contribution in [0.3, 0.4) is 0 Å². The van der Waals surface area contributed by atoms with Crippen molar-refractivity contribution < 1.29 is 0 Å². The van der Waals surface area contributed by atoms with E-state index in [4.69, 9.17) is 12.2 Å². The lowest BCUT2D eigenvalue weighted by molar-refractivity contribution is 0.313. The summed E-state index contributed by atoms with van der Waals surface area (Å²) in [6.07, 6.45) is 6.49. The van der Waals surface area contributed by atoms with Crippen molar-refractivity contribution in [1.29, 1.82) is 0 Å². The molecule has 4 nitrogen and oxygen atoms in total. The van der Waals surface area contributed by atoms with E-state index >= 15 is 0 Å². The Labute approximate surface area is 186 Å². The number of aromatic nitrogens is 1. The molecule has 3 heterocycles. The van der Waals surface area contributed by atoms with Gasteiger partial charge in [-0.2, -0.15) is 0 Å². The molecule has 2 aromatic rings. The van der Waals surface area contributed by atoms with Gasteiger partial charge < -0.3 is 15.1 Å².